The number of ketones is 2. The second kappa shape index (κ2) is 18.8. The molecule has 0 radical (unpaired) electrons. The van der Waals surface area contributed by atoms with Crippen LogP contribution in [-0.2, 0) is 43.5 Å². The SMILES string of the molecule is C=CCNC1=C2C[C@@H](C)C[C@H](OC)[C@H](OC(=O)NS(=O)(=O)N3CCC3)[C@@H](C)/C=C(\C)[C@H](OC(N)=O)[C@@H](OC)/C=C\C=C(/C)C(=O)NC(=CC1=O)C2=O. The molecule has 2 aliphatic heterocycles. The van der Waals surface area contributed by atoms with Gasteiger partial charge in [-0.05, 0) is 44.6 Å². The van der Waals surface area contributed by atoms with E-state index in [2.05, 4.69) is 17.2 Å². The Kier molecular flexibility index (Phi) is 15.1. The van der Waals surface area contributed by atoms with E-state index in [-0.39, 0.29) is 55.0 Å². The summed E-state index contributed by atoms with van der Waals surface area (Å²) >= 11 is 0. The molecule has 0 aromatic heterocycles. The van der Waals surface area contributed by atoms with Crippen LogP contribution in [0.4, 0.5) is 9.59 Å². The standard InChI is InChI=1S/C35H49N5O11S/c1-8-13-37-29-24-16-20(2)17-28(49-7)32(51-35(45)39-52(46,47)40-14-10-15-40)23(5)18-22(4)31(50-34(36)44)27(48-6)12-9-11-21(3)33(43)38-25(30(24)42)19-26(29)41/h8-9,11-12,18-20,23,27-28,31-32,37H,1,10,13-17H2,2-7H3,(H2,36,44)(H,38,43)(H,39,45)/b12-9-,21-11+,22-18+/t20-,23+,27+,28+,31+,32-/m1/s1. The Balaban J connectivity index is 2.15. The summed E-state index contributed by atoms with van der Waals surface area (Å²) in [5.41, 5.74) is 6.02. The molecule has 2 heterocycles. The Morgan fingerprint density at radius 3 is 2.38 bits per heavy atom. The number of primary amides is 1. The zero-order chi connectivity index (χ0) is 38.7. The van der Waals surface area contributed by atoms with Gasteiger partial charge in [0.05, 0.1) is 17.5 Å². The lowest BCUT2D eigenvalue weighted by Gasteiger charge is -2.33. The smallest absolute Gasteiger partial charge is 0.422 e. The molecular weight excluding hydrogens is 698 g/mol. The molecule has 6 atom stereocenters. The third-order valence-corrected chi connectivity index (χ3v) is 10.3. The Morgan fingerprint density at radius 1 is 1.12 bits per heavy atom. The van der Waals surface area contributed by atoms with Crippen molar-refractivity contribution in [1.29, 1.82) is 0 Å². The van der Waals surface area contributed by atoms with Crippen molar-refractivity contribution in [2.75, 3.05) is 33.9 Å². The van der Waals surface area contributed by atoms with Crippen LogP contribution in [0.3, 0.4) is 0 Å². The van der Waals surface area contributed by atoms with E-state index in [9.17, 15) is 32.4 Å². The fourth-order valence-electron chi connectivity index (χ4n) is 5.97. The highest BCUT2D eigenvalue weighted by molar-refractivity contribution is 7.87. The lowest BCUT2D eigenvalue weighted by atomic mass is 9.85. The van der Waals surface area contributed by atoms with Gasteiger partial charge in [0, 0.05) is 57.0 Å². The van der Waals surface area contributed by atoms with Gasteiger partial charge in [0.2, 0.25) is 11.6 Å². The van der Waals surface area contributed by atoms with Crippen molar-refractivity contribution in [3.63, 3.8) is 0 Å². The lowest BCUT2D eigenvalue weighted by Crippen LogP contribution is -2.51. The van der Waals surface area contributed by atoms with Crippen LogP contribution in [0, 0.1) is 11.8 Å². The molecule has 286 valence electrons. The van der Waals surface area contributed by atoms with Crippen LogP contribution < -0.4 is 21.1 Å². The average Bonchev–Trinajstić information content (AvgIpc) is 3.03. The second-order valence-corrected chi connectivity index (χ2v) is 14.5. The largest absolute Gasteiger partial charge is 0.442 e. The number of nitrogens with zero attached hydrogens (tertiary/aromatic N) is 1. The number of methoxy groups -OCH3 is 2. The Bertz CT molecular complexity index is 1680. The van der Waals surface area contributed by atoms with Crippen molar-refractivity contribution in [2.45, 2.75) is 71.4 Å². The van der Waals surface area contributed by atoms with Gasteiger partial charge >= 0.3 is 22.4 Å². The fraction of sp³-hybridized carbons (Fsp3) is 0.514. The second-order valence-electron chi connectivity index (χ2n) is 12.8. The summed E-state index contributed by atoms with van der Waals surface area (Å²) in [5.74, 6) is -2.82. The molecule has 1 fully saturated rings. The molecule has 3 aliphatic rings. The molecule has 0 unspecified atom stereocenters. The van der Waals surface area contributed by atoms with E-state index in [1.807, 2.05) is 4.72 Å². The number of nitrogens with two attached hydrogens (primary N) is 1. The molecule has 3 amide bonds. The number of carbonyl (C=O) groups excluding carboxylic acids is 5. The van der Waals surface area contributed by atoms with Crippen LogP contribution >= 0.6 is 0 Å². The van der Waals surface area contributed by atoms with Crippen LogP contribution in [0.1, 0.15) is 47.0 Å². The summed E-state index contributed by atoms with van der Waals surface area (Å²) in [6.07, 6.45) is 3.25. The minimum absolute atomic E-state index is 0.0459. The van der Waals surface area contributed by atoms with Gasteiger partial charge in [-0.15, -0.1) is 6.58 Å². The van der Waals surface area contributed by atoms with Crippen molar-refractivity contribution >= 4 is 39.9 Å². The summed E-state index contributed by atoms with van der Waals surface area (Å²) in [7, 11) is -1.38. The topological polar surface area (TPSA) is 222 Å². The monoisotopic (exact) mass is 747 g/mol. The van der Waals surface area contributed by atoms with Crippen LogP contribution in [0.15, 0.2) is 71.1 Å². The van der Waals surface area contributed by atoms with E-state index in [1.54, 1.807) is 26.8 Å². The highest BCUT2D eigenvalue weighted by Crippen LogP contribution is 2.30. The van der Waals surface area contributed by atoms with Gasteiger partial charge in [-0.1, -0.05) is 44.2 Å². The van der Waals surface area contributed by atoms with Crippen molar-refractivity contribution in [1.82, 2.24) is 19.7 Å². The number of Topliss-reactive ketones (excluding diaryl/α,β-unsaturated/α-hetero) is 1. The van der Waals surface area contributed by atoms with Crippen molar-refractivity contribution in [2.24, 2.45) is 17.6 Å². The van der Waals surface area contributed by atoms with E-state index in [1.165, 1.54) is 45.4 Å². The number of carbonyl (C=O) groups is 5. The van der Waals surface area contributed by atoms with Crippen LogP contribution in [0.5, 0.6) is 0 Å². The minimum Gasteiger partial charge on any atom is -0.442 e. The van der Waals surface area contributed by atoms with Gasteiger partial charge in [0.25, 0.3) is 5.91 Å². The van der Waals surface area contributed by atoms with E-state index in [4.69, 9.17) is 24.7 Å². The third kappa shape index (κ3) is 11.0. The number of ether oxygens (including phenoxy) is 4. The highest BCUT2D eigenvalue weighted by Gasteiger charge is 2.37. The number of hydrogen-bond donors (Lipinski definition) is 4. The zero-order valence-electron chi connectivity index (χ0n) is 30.3. The molecule has 0 saturated carbocycles. The molecule has 0 aromatic carbocycles. The van der Waals surface area contributed by atoms with Gasteiger partial charge in [-0.2, -0.15) is 12.7 Å². The maximum atomic E-state index is 13.8. The van der Waals surface area contributed by atoms with Crippen molar-refractivity contribution < 1.29 is 51.3 Å². The fourth-order valence-corrected chi connectivity index (χ4v) is 7.09. The van der Waals surface area contributed by atoms with E-state index in [0.717, 1.165) is 10.4 Å². The predicted octanol–water partition coefficient (Wildman–Crippen LogP) is 2.22. The third-order valence-electron chi connectivity index (χ3n) is 8.79. The lowest BCUT2D eigenvalue weighted by molar-refractivity contribution is -0.120. The molecule has 3 rings (SSSR count). The summed E-state index contributed by atoms with van der Waals surface area (Å²) < 4.78 is 51.1. The highest BCUT2D eigenvalue weighted by atomic mass is 32.2. The maximum Gasteiger partial charge on any atom is 0.422 e. The number of amides is 3. The number of fused-ring (bicyclic) bond motifs is 2. The summed E-state index contributed by atoms with van der Waals surface area (Å²) in [6, 6.07) is 0. The molecule has 2 bridgehead atoms. The van der Waals surface area contributed by atoms with Gasteiger partial charge in [-0.3, -0.25) is 14.4 Å². The average molecular weight is 748 g/mol. The number of nitrogens with one attached hydrogen (secondary N) is 3. The van der Waals surface area contributed by atoms with E-state index >= 15 is 0 Å². The molecule has 16 nitrogen and oxygen atoms in total. The van der Waals surface area contributed by atoms with Crippen LogP contribution in [0.25, 0.3) is 0 Å². The molecule has 17 heteroatoms. The molecule has 0 aromatic rings. The van der Waals surface area contributed by atoms with E-state index < -0.39 is 76.1 Å². The molecule has 5 N–H and O–H groups in total. The first-order chi connectivity index (χ1) is 24.5. The maximum absolute atomic E-state index is 13.8. The van der Waals surface area contributed by atoms with E-state index in [0.29, 0.717) is 12.0 Å². The first-order valence-electron chi connectivity index (χ1n) is 16.8. The summed E-state index contributed by atoms with van der Waals surface area (Å²) in [6.45, 7) is 11.0. The van der Waals surface area contributed by atoms with Gasteiger partial charge in [0.1, 0.15) is 12.2 Å². The molecule has 1 saturated heterocycles. The quantitative estimate of drug-likeness (QED) is 0.197. The van der Waals surface area contributed by atoms with Gasteiger partial charge in [-0.25, -0.2) is 14.3 Å². The van der Waals surface area contributed by atoms with Crippen LogP contribution in [0.2, 0.25) is 0 Å². The molecule has 1 aliphatic carbocycles. The summed E-state index contributed by atoms with van der Waals surface area (Å²) in [4.78, 5) is 65.4. The Morgan fingerprint density at radius 2 is 1.81 bits per heavy atom. The predicted molar refractivity (Wildman–Crippen MR) is 190 cm³/mol. The number of hydrogen-bond acceptors (Lipinski definition) is 12. The molecular formula is C35H49N5O11S. The Hall–Kier alpha value is -4.58. The summed E-state index contributed by atoms with van der Waals surface area (Å²) in [5, 5.41) is 5.48. The molecule has 0 spiro atoms. The first kappa shape index (κ1) is 41.8. The van der Waals surface area contributed by atoms with Gasteiger partial charge in [0.15, 0.2) is 6.10 Å². The van der Waals surface area contributed by atoms with Gasteiger partial charge < -0.3 is 35.3 Å². The molecule has 52 heavy (non-hydrogen) atoms. The number of rotatable bonds is 9. The minimum atomic E-state index is -4.15. The Labute approximate surface area is 304 Å². The van der Waals surface area contributed by atoms with Crippen molar-refractivity contribution in [3.05, 3.63) is 71.1 Å². The first-order valence-corrected chi connectivity index (χ1v) is 18.2. The van der Waals surface area contributed by atoms with Crippen LogP contribution in [-0.4, -0.2) is 101 Å². The number of allylic oxidation sites excluding steroid dienone is 4. The van der Waals surface area contributed by atoms with Crippen molar-refractivity contribution in [3.8, 4) is 0 Å². The zero-order valence-corrected chi connectivity index (χ0v) is 31.1. The normalized spacial score (nSPS) is 29.6.